The maximum absolute atomic E-state index is 14.0. The number of alkyl halides is 6. The Kier molecular flexibility index (Phi) is 32.6. The summed E-state index contributed by atoms with van der Waals surface area (Å²) in [6.45, 7) is 8.84. The maximum atomic E-state index is 14.0. The second-order valence-corrected chi connectivity index (χ2v) is 29.2. The smallest absolute Gasteiger partial charge is 0.383 e. The topological polar surface area (TPSA) is 330 Å². The van der Waals surface area contributed by atoms with E-state index in [1.807, 2.05) is 16.7 Å². The number of halogens is 10. The number of rotatable bonds is 31. The van der Waals surface area contributed by atoms with Gasteiger partial charge in [0.05, 0.1) is 88.6 Å². The summed E-state index contributed by atoms with van der Waals surface area (Å²) in [6.07, 6.45) is 3.19. The molecule has 0 saturated carbocycles. The van der Waals surface area contributed by atoms with Crippen molar-refractivity contribution in [3.05, 3.63) is 236 Å². The number of hydrogen-bond donors (Lipinski definition) is 11. The quantitative estimate of drug-likeness (QED) is 0.00832. The number of methoxy groups -OCH3 is 1. The Morgan fingerprint density at radius 3 is 1.16 bits per heavy atom. The van der Waals surface area contributed by atoms with E-state index in [2.05, 4.69) is 71.9 Å². The van der Waals surface area contributed by atoms with Gasteiger partial charge in [0, 0.05) is 91.4 Å². The number of hydroxylamine groups is 3. The van der Waals surface area contributed by atoms with E-state index in [0.717, 1.165) is 106 Å². The molecule has 4 aromatic heterocycles. The molecule has 25 nitrogen and oxygen atoms in total. The van der Waals surface area contributed by atoms with Crippen LogP contribution in [0.1, 0.15) is 156 Å². The van der Waals surface area contributed by atoms with Gasteiger partial charge in [-0.2, -0.15) is 31.6 Å². The SMILES string of the molecule is CCCCCCn1c(Nc2cccc(C(=O)NO)c2)nc2cc(C#N)c(C(F)(F)F)cc21.CCCCCCn1c(Nc2cccc(C(=O)NO)c2)nc2cc(Cl)c(Cl)cc21.CCCCCCn1c(Nc2cccc(C(=O)NO)c2)nc2cc(Cl)c(F)cc21.CNC(=O)c1cccc(Nc2nc3cc(-c4ccccc4)c(C(F)(F)F)cc3n2CCOC)c1. The number of aromatic nitrogens is 8. The molecule has 0 aliphatic carbocycles. The molecule has 0 radical (unpaired) electrons. The largest absolute Gasteiger partial charge is 0.417 e. The fourth-order valence-electron chi connectivity index (χ4n) is 13.4. The van der Waals surface area contributed by atoms with Gasteiger partial charge in [-0.25, -0.2) is 40.8 Å². The van der Waals surface area contributed by atoms with Crippen LogP contribution in [0.5, 0.6) is 0 Å². The third-order valence-electron chi connectivity index (χ3n) is 19.5. The van der Waals surface area contributed by atoms with E-state index < -0.39 is 52.6 Å². The maximum Gasteiger partial charge on any atom is 0.417 e. The van der Waals surface area contributed by atoms with Crippen molar-refractivity contribution in [3.63, 3.8) is 0 Å². The molecule has 122 heavy (non-hydrogen) atoms. The van der Waals surface area contributed by atoms with Crippen molar-refractivity contribution >= 4 is 149 Å². The third kappa shape index (κ3) is 23.6. The first kappa shape index (κ1) is 91.9. The Labute approximate surface area is 712 Å². The van der Waals surface area contributed by atoms with Crippen LogP contribution >= 0.6 is 34.8 Å². The van der Waals surface area contributed by atoms with Gasteiger partial charge in [-0.3, -0.25) is 34.8 Å². The second-order valence-electron chi connectivity index (χ2n) is 28.0. The number of aryl methyl sites for hydroxylation is 3. The van der Waals surface area contributed by atoms with Crippen molar-refractivity contribution in [1.82, 2.24) is 60.0 Å². The van der Waals surface area contributed by atoms with Crippen molar-refractivity contribution in [2.75, 3.05) is 42.0 Å². The van der Waals surface area contributed by atoms with E-state index in [1.165, 1.54) is 50.9 Å². The number of imidazole rings is 4. The van der Waals surface area contributed by atoms with Gasteiger partial charge >= 0.3 is 12.4 Å². The zero-order valence-corrected chi connectivity index (χ0v) is 69.2. The number of benzene rings is 9. The minimum absolute atomic E-state index is 0.0243. The van der Waals surface area contributed by atoms with Gasteiger partial charge in [-0.15, -0.1) is 0 Å². The Balaban J connectivity index is 0.000000171. The zero-order chi connectivity index (χ0) is 87.8. The molecule has 4 amide bonds. The summed E-state index contributed by atoms with van der Waals surface area (Å²) in [5.41, 5.74) is 10.9. The van der Waals surface area contributed by atoms with Crippen LogP contribution in [0.25, 0.3) is 55.3 Å². The third-order valence-corrected chi connectivity index (χ3v) is 20.5. The number of carbonyl (C=O) groups is 4. The molecule has 0 atom stereocenters. The van der Waals surface area contributed by atoms with Gasteiger partial charge in [-0.05, 0) is 146 Å². The van der Waals surface area contributed by atoms with E-state index in [0.29, 0.717) is 114 Å². The molecule has 0 aliphatic rings. The van der Waals surface area contributed by atoms with Gasteiger partial charge in [0.1, 0.15) is 5.82 Å². The number of amides is 4. The van der Waals surface area contributed by atoms with Crippen molar-refractivity contribution in [2.45, 2.75) is 136 Å². The summed E-state index contributed by atoms with van der Waals surface area (Å²) >= 11 is 18.3. The predicted octanol–water partition coefficient (Wildman–Crippen LogP) is 21.9. The molecular formula is C87H89Cl3F7N17O8. The van der Waals surface area contributed by atoms with Gasteiger partial charge < -0.3 is 49.6 Å². The minimum Gasteiger partial charge on any atom is -0.383 e. The van der Waals surface area contributed by atoms with Gasteiger partial charge in [0.25, 0.3) is 23.6 Å². The summed E-state index contributed by atoms with van der Waals surface area (Å²) < 4.78 is 109. The number of carbonyl (C=O) groups excluding carboxylic acids is 4. The van der Waals surface area contributed by atoms with Crippen molar-refractivity contribution in [3.8, 4) is 17.2 Å². The number of nitrogens with zero attached hydrogens (tertiary/aromatic N) is 9. The predicted molar refractivity (Wildman–Crippen MR) is 458 cm³/mol. The molecule has 0 fully saturated rings. The van der Waals surface area contributed by atoms with Crippen LogP contribution in [0.4, 0.5) is 77.3 Å². The molecule has 0 spiro atoms. The van der Waals surface area contributed by atoms with Gasteiger partial charge in [0.2, 0.25) is 23.8 Å². The van der Waals surface area contributed by atoms with E-state index in [4.69, 9.17) is 55.2 Å². The molecule has 9 aromatic carbocycles. The van der Waals surface area contributed by atoms with E-state index >= 15 is 0 Å². The van der Waals surface area contributed by atoms with Crippen LogP contribution in [0, 0.1) is 17.1 Å². The lowest BCUT2D eigenvalue weighted by Gasteiger charge is -2.15. The highest BCUT2D eigenvalue weighted by Gasteiger charge is 2.37. The van der Waals surface area contributed by atoms with Crippen LogP contribution in [-0.4, -0.2) is 98.2 Å². The minimum atomic E-state index is -4.67. The molecule has 13 rings (SSSR count). The first-order valence-corrected chi connectivity index (χ1v) is 40.2. The number of nitrogens with one attached hydrogen (secondary N) is 8. The summed E-state index contributed by atoms with van der Waals surface area (Å²) in [5.74, 6) is -0.797. The van der Waals surface area contributed by atoms with E-state index in [-0.39, 0.29) is 46.2 Å². The molecular weight excluding hydrogens is 1650 g/mol. The zero-order valence-electron chi connectivity index (χ0n) is 67.0. The van der Waals surface area contributed by atoms with Crippen LogP contribution in [0.15, 0.2) is 176 Å². The van der Waals surface area contributed by atoms with Gasteiger partial charge in [0.15, 0.2) is 0 Å². The van der Waals surface area contributed by atoms with Crippen molar-refractivity contribution in [1.29, 1.82) is 5.26 Å². The average molecular weight is 1740 g/mol. The molecule has 0 saturated heterocycles. The molecule has 35 heteroatoms. The van der Waals surface area contributed by atoms with Crippen LogP contribution in [0.3, 0.4) is 0 Å². The number of fused-ring (bicyclic) bond motifs is 4. The average Bonchev–Trinajstić information content (AvgIpc) is 1.59. The van der Waals surface area contributed by atoms with E-state index in [1.54, 1.807) is 147 Å². The number of hydrogen-bond acceptors (Lipinski definition) is 17. The number of anilines is 8. The van der Waals surface area contributed by atoms with Crippen molar-refractivity contribution < 1.29 is 70.3 Å². The summed E-state index contributed by atoms with van der Waals surface area (Å²) in [7, 11) is 3.06. The lowest BCUT2D eigenvalue weighted by atomic mass is 9.98. The summed E-state index contributed by atoms with van der Waals surface area (Å²) in [6, 6.07) is 47.7. The highest BCUT2D eigenvalue weighted by molar-refractivity contribution is 6.42. The Morgan fingerprint density at radius 1 is 0.426 bits per heavy atom. The number of ether oxygens (including phenoxy) is 1. The number of unbranched alkanes of at least 4 members (excludes halogenated alkanes) is 9. The molecule has 13 aromatic rings. The molecule has 4 heterocycles. The molecule has 0 bridgehead atoms. The van der Waals surface area contributed by atoms with Gasteiger partial charge in [-0.1, -0.05) is 168 Å². The Morgan fingerprint density at radius 2 is 0.779 bits per heavy atom. The highest BCUT2D eigenvalue weighted by Crippen LogP contribution is 2.42. The molecule has 0 unspecified atom stereocenters. The Hall–Kier alpha value is -12.4. The fourth-order valence-corrected chi connectivity index (χ4v) is 13.8. The second kappa shape index (κ2) is 43.2. The van der Waals surface area contributed by atoms with Crippen molar-refractivity contribution in [2.24, 2.45) is 0 Å². The molecule has 11 N–H and O–H groups in total. The number of nitriles is 1. The summed E-state index contributed by atoms with van der Waals surface area (Å²) in [4.78, 5) is 65.2. The monoisotopic (exact) mass is 1740 g/mol. The normalized spacial score (nSPS) is 11.3. The highest BCUT2D eigenvalue weighted by atomic mass is 35.5. The lowest BCUT2D eigenvalue weighted by Crippen LogP contribution is -2.18. The first-order chi connectivity index (χ1) is 58.6. The van der Waals surface area contributed by atoms with Crippen LogP contribution in [-0.2, 0) is 43.3 Å². The van der Waals surface area contributed by atoms with Crippen LogP contribution < -0.4 is 43.0 Å². The Bertz CT molecular complexity index is 5720. The van der Waals surface area contributed by atoms with Crippen LogP contribution in [0.2, 0.25) is 15.1 Å². The first-order valence-electron chi connectivity index (χ1n) is 39.1. The standard InChI is InChI=1S/C25H23F3N4O2.C22H22F3N5O2.C20H22Cl2N4O2.C20H22ClFN4O2/c1-29-23(33)17-9-6-10-18(13-17)30-24-31-21-14-19(16-7-4-3-5-8-16)20(25(26,27)28)15-22(21)32(24)11-12-34-2;1-2-3-4-5-9-30-19-12-17(22(23,24)25)15(13-26)11-18(19)28-21(30)27-16-8-6-7-14(10-16)20(31)29-32;2*1-2-3-4-5-9-26-18-12-16(22)15(21)11-17(18)24-20(26)23-14-8-6-7-13(10-14)19(27)25-28/h3-10,13-15H,11-12H2,1-2H3,(H,29,33)(H,30,31);6-8,10-12,32H,2-5,9H2,1H3,(H,27,28)(H,29,31);2*6-8,10-12,28H,2-5,9H2,1H3,(H,23,24)(H,25,27). The fraction of sp³-hybridized carbons (Fsp3) is 0.276. The molecule has 0 aliphatic heterocycles. The van der Waals surface area contributed by atoms with E-state index in [9.17, 15) is 55.2 Å². The lowest BCUT2D eigenvalue weighted by molar-refractivity contribution is -0.138. The molecule has 640 valence electrons. The summed E-state index contributed by atoms with van der Waals surface area (Å²) in [5, 5.41) is 51.9.